The number of nitrogens with one attached hydrogen (secondary N) is 1. The first-order valence-corrected chi connectivity index (χ1v) is 11.5. The highest BCUT2D eigenvalue weighted by atomic mass is 28.3. The van der Waals surface area contributed by atoms with Crippen LogP contribution in [-0.2, 0) is 16.1 Å². The molecule has 1 saturated heterocycles. The van der Waals surface area contributed by atoms with Crippen LogP contribution in [0.1, 0.15) is 18.4 Å². The molecule has 0 unspecified atom stereocenters. The summed E-state index contributed by atoms with van der Waals surface area (Å²) in [6.45, 7) is 9.69. The van der Waals surface area contributed by atoms with E-state index < -0.39 is 13.5 Å². The fraction of sp³-hybridized carbons (Fsp3) is 0.588. The summed E-state index contributed by atoms with van der Waals surface area (Å²) >= 11 is 0. The van der Waals surface area contributed by atoms with Crippen molar-refractivity contribution in [2.45, 2.75) is 39.0 Å². The maximum absolute atomic E-state index is 11.8. The highest BCUT2D eigenvalue weighted by Crippen LogP contribution is 2.29. The summed E-state index contributed by atoms with van der Waals surface area (Å²) in [7, 11) is -1.29. The molecule has 1 heterocycles. The lowest BCUT2D eigenvalue weighted by Crippen LogP contribution is -2.48. The third-order valence-electron chi connectivity index (χ3n) is 4.56. The van der Waals surface area contributed by atoms with Crippen LogP contribution in [0.5, 0.6) is 0 Å². The van der Waals surface area contributed by atoms with Crippen molar-refractivity contribution in [3.8, 4) is 0 Å². The summed E-state index contributed by atoms with van der Waals surface area (Å²) in [5, 5.41) is 4.89. The van der Waals surface area contributed by atoms with Crippen LogP contribution in [0.3, 0.4) is 0 Å². The molecule has 0 atom stereocenters. The van der Waals surface area contributed by atoms with Crippen molar-refractivity contribution in [3.05, 3.63) is 29.8 Å². The molecule has 22 heavy (non-hydrogen) atoms. The average Bonchev–Trinajstić information content (AvgIpc) is 2.47. The Kier molecular flexibility index (Phi) is 5.42. The van der Waals surface area contributed by atoms with Gasteiger partial charge in [0.15, 0.2) is 0 Å². The molecule has 1 aliphatic heterocycles. The van der Waals surface area contributed by atoms with Crippen molar-refractivity contribution < 1.29 is 9.53 Å². The lowest BCUT2D eigenvalue weighted by molar-refractivity contribution is -0.132. The van der Waals surface area contributed by atoms with Crippen molar-refractivity contribution >= 4 is 19.2 Å². The van der Waals surface area contributed by atoms with Gasteiger partial charge in [-0.15, -0.1) is 0 Å². The Morgan fingerprint density at radius 3 is 2.59 bits per heavy atom. The quantitative estimate of drug-likeness (QED) is 0.783. The Morgan fingerprint density at radius 1 is 1.32 bits per heavy atom. The van der Waals surface area contributed by atoms with E-state index in [4.69, 9.17) is 10.5 Å². The summed E-state index contributed by atoms with van der Waals surface area (Å²) in [6.07, 6.45) is 1.43. The van der Waals surface area contributed by atoms with E-state index >= 15 is 0 Å². The van der Waals surface area contributed by atoms with E-state index in [1.54, 1.807) is 0 Å². The zero-order chi connectivity index (χ0) is 16.2. The van der Waals surface area contributed by atoms with Gasteiger partial charge in [0.05, 0.1) is 13.5 Å². The van der Waals surface area contributed by atoms with Crippen molar-refractivity contribution in [3.63, 3.8) is 0 Å². The molecule has 0 radical (unpaired) electrons. The van der Waals surface area contributed by atoms with Crippen LogP contribution in [-0.4, -0.2) is 33.7 Å². The van der Waals surface area contributed by atoms with Gasteiger partial charge in [-0.1, -0.05) is 49.1 Å². The van der Waals surface area contributed by atoms with E-state index in [9.17, 15) is 4.79 Å². The second kappa shape index (κ2) is 6.94. The van der Waals surface area contributed by atoms with Crippen LogP contribution >= 0.6 is 0 Å². The molecule has 3 N–H and O–H groups in total. The van der Waals surface area contributed by atoms with Crippen LogP contribution in [0.4, 0.5) is 0 Å². The van der Waals surface area contributed by atoms with Crippen LogP contribution in [0.15, 0.2) is 24.3 Å². The van der Waals surface area contributed by atoms with Gasteiger partial charge >= 0.3 is 0 Å². The molecular weight excluding hydrogens is 292 g/mol. The van der Waals surface area contributed by atoms with Gasteiger partial charge in [-0.2, -0.15) is 0 Å². The van der Waals surface area contributed by atoms with Gasteiger partial charge in [0.2, 0.25) is 5.91 Å². The Labute approximate surface area is 134 Å². The van der Waals surface area contributed by atoms with E-state index in [1.165, 1.54) is 10.8 Å². The number of rotatable bonds is 6. The zero-order valence-corrected chi connectivity index (χ0v) is 14.9. The summed E-state index contributed by atoms with van der Waals surface area (Å²) < 4.78 is 5.36. The topological polar surface area (TPSA) is 64.3 Å². The molecule has 2 rings (SSSR count). The maximum Gasteiger partial charge on any atom is 0.225 e. The first-order valence-electron chi connectivity index (χ1n) is 8.01. The minimum Gasteiger partial charge on any atom is -0.381 e. The molecule has 4 nitrogen and oxygen atoms in total. The maximum atomic E-state index is 11.8. The smallest absolute Gasteiger partial charge is 0.225 e. The molecule has 1 fully saturated rings. The first kappa shape index (κ1) is 17.2. The Balaban J connectivity index is 1.97. The van der Waals surface area contributed by atoms with Crippen molar-refractivity contribution in [1.29, 1.82) is 0 Å². The lowest BCUT2D eigenvalue weighted by atomic mass is 9.79. The summed E-state index contributed by atoms with van der Waals surface area (Å²) in [5.74, 6) is -0.209. The number of hydrogen-bond acceptors (Lipinski definition) is 3. The van der Waals surface area contributed by atoms with Crippen LogP contribution in [0, 0.1) is 5.41 Å². The van der Waals surface area contributed by atoms with Crippen molar-refractivity contribution in [1.82, 2.24) is 5.32 Å². The number of hydrogen-bond donors (Lipinski definition) is 2. The molecule has 1 aliphatic rings. The van der Waals surface area contributed by atoms with Crippen LogP contribution in [0.2, 0.25) is 19.6 Å². The highest BCUT2D eigenvalue weighted by Gasteiger charge is 2.37. The van der Waals surface area contributed by atoms with Gasteiger partial charge in [0.25, 0.3) is 0 Å². The van der Waals surface area contributed by atoms with Crippen LogP contribution in [0.25, 0.3) is 0 Å². The summed E-state index contributed by atoms with van der Waals surface area (Å²) in [5.41, 5.74) is 6.45. The second-order valence-electron chi connectivity index (χ2n) is 7.31. The lowest BCUT2D eigenvalue weighted by Gasteiger charge is -2.34. The van der Waals surface area contributed by atoms with E-state index in [2.05, 4.69) is 49.2 Å². The molecule has 1 aromatic carbocycles. The molecule has 1 amide bonds. The molecule has 0 aliphatic carbocycles. The van der Waals surface area contributed by atoms with Gasteiger partial charge in [-0.05, 0) is 18.4 Å². The van der Waals surface area contributed by atoms with E-state index in [0.29, 0.717) is 32.6 Å². The van der Waals surface area contributed by atoms with Gasteiger partial charge in [-0.3, -0.25) is 4.79 Å². The SMILES string of the molecule is C[Si](C)(C)c1cccc(CNCC2(C(N)=O)CCOCC2)c1. The van der Waals surface area contributed by atoms with E-state index in [-0.39, 0.29) is 5.91 Å². The van der Waals surface area contributed by atoms with Crippen LogP contribution < -0.4 is 16.2 Å². The number of primary amides is 1. The van der Waals surface area contributed by atoms with Crippen molar-refractivity contribution in [2.24, 2.45) is 11.1 Å². The average molecular weight is 321 g/mol. The monoisotopic (exact) mass is 320 g/mol. The van der Waals surface area contributed by atoms with Gasteiger partial charge in [0, 0.05) is 26.3 Å². The van der Waals surface area contributed by atoms with E-state index in [0.717, 1.165) is 6.54 Å². The van der Waals surface area contributed by atoms with Gasteiger partial charge in [0.1, 0.15) is 0 Å². The third kappa shape index (κ3) is 4.18. The predicted octanol–water partition coefficient (Wildman–Crippen LogP) is 1.60. The molecule has 5 heteroatoms. The first-order chi connectivity index (χ1) is 10.3. The minimum absolute atomic E-state index is 0.209. The normalized spacial score (nSPS) is 18.1. The van der Waals surface area contributed by atoms with Crippen molar-refractivity contribution in [2.75, 3.05) is 19.8 Å². The fourth-order valence-corrected chi connectivity index (χ4v) is 4.08. The predicted molar refractivity (Wildman–Crippen MR) is 92.8 cm³/mol. The van der Waals surface area contributed by atoms with Gasteiger partial charge < -0.3 is 15.8 Å². The third-order valence-corrected chi connectivity index (χ3v) is 6.60. The Morgan fingerprint density at radius 2 is 2.00 bits per heavy atom. The Bertz CT molecular complexity index is 520. The summed E-state index contributed by atoms with van der Waals surface area (Å²) in [6, 6.07) is 8.78. The molecular formula is C17H28N2O2Si. The number of carbonyl (C=O) groups is 1. The van der Waals surface area contributed by atoms with Gasteiger partial charge in [-0.25, -0.2) is 0 Å². The summed E-state index contributed by atoms with van der Waals surface area (Å²) in [4.78, 5) is 11.8. The number of nitrogens with two attached hydrogens (primary N) is 1. The standard InChI is InChI=1S/C17H28N2O2Si/c1-22(2,3)15-6-4-5-14(11-15)12-19-13-17(16(18)20)7-9-21-10-8-17/h4-6,11,19H,7-10,12-13H2,1-3H3,(H2,18,20). The minimum atomic E-state index is -1.29. The number of ether oxygens (including phenoxy) is 1. The highest BCUT2D eigenvalue weighted by molar-refractivity contribution is 6.88. The molecule has 0 saturated carbocycles. The fourth-order valence-electron chi connectivity index (χ4n) is 2.87. The largest absolute Gasteiger partial charge is 0.381 e. The number of amides is 1. The Hall–Kier alpha value is -1.17. The molecule has 122 valence electrons. The number of carbonyl (C=O) groups excluding carboxylic acids is 1. The molecule has 0 bridgehead atoms. The number of benzene rings is 1. The zero-order valence-electron chi connectivity index (χ0n) is 13.9. The van der Waals surface area contributed by atoms with E-state index in [1.807, 2.05) is 0 Å². The molecule has 0 aromatic heterocycles. The molecule has 1 aromatic rings. The molecule has 0 spiro atoms. The second-order valence-corrected chi connectivity index (χ2v) is 12.4.